The Morgan fingerprint density at radius 3 is 2.71 bits per heavy atom. The fourth-order valence-electron chi connectivity index (χ4n) is 1.50. The molecule has 5 heteroatoms. The van der Waals surface area contributed by atoms with Gasteiger partial charge in [0.2, 0.25) is 5.89 Å². The summed E-state index contributed by atoms with van der Waals surface area (Å²) in [5.74, 6) is 1.63. The fraction of sp³-hybridized carbons (Fsp3) is 0.500. The van der Waals surface area contributed by atoms with Crippen molar-refractivity contribution in [2.24, 2.45) is 0 Å². The minimum absolute atomic E-state index is 0.646. The van der Waals surface area contributed by atoms with Gasteiger partial charge in [-0.05, 0) is 20.3 Å². The fourth-order valence-corrected chi connectivity index (χ4v) is 2.25. The van der Waals surface area contributed by atoms with Crippen molar-refractivity contribution in [2.45, 2.75) is 40.3 Å². The molecule has 0 aliphatic heterocycles. The smallest absolute Gasteiger partial charge is 0.208 e. The van der Waals surface area contributed by atoms with E-state index in [1.54, 1.807) is 11.3 Å². The quantitative estimate of drug-likeness (QED) is 0.887. The molecule has 0 spiro atoms. The summed E-state index contributed by atoms with van der Waals surface area (Å²) in [6, 6.07) is 0. The molecule has 2 heterocycles. The summed E-state index contributed by atoms with van der Waals surface area (Å²) in [5.41, 5.74) is 2.05. The second-order valence-corrected chi connectivity index (χ2v) is 4.88. The van der Waals surface area contributed by atoms with Gasteiger partial charge >= 0.3 is 0 Å². The van der Waals surface area contributed by atoms with Crippen molar-refractivity contribution in [1.82, 2.24) is 15.3 Å². The van der Waals surface area contributed by atoms with Gasteiger partial charge in [-0.1, -0.05) is 6.92 Å². The third kappa shape index (κ3) is 3.14. The summed E-state index contributed by atoms with van der Waals surface area (Å²) in [6.45, 7) is 7.41. The Balaban J connectivity index is 1.83. The number of thiazole rings is 1. The molecule has 92 valence electrons. The molecule has 0 amide bonds. The van der Waals surface area contributed by atoms with Crippen molar-refractivity contribution in [3.05, 3.63) is 33.4 Å². The van der Waals surface area contributed by atoms with Crippen LogP contribution in [0.4, 0.5) is 0 Å². The Labute approximate surface area is 105 Å². The maximum atomic E-state index is 5.49. The van der Waals surface area contributed by atoms with E-state index in [1.165, 1.54) is 5.01 Å². The van der Waals surface area contributed by atoms with Crippen molar-refractivity contribution >= 4 is 11.3 Å². The Bertz CT molecular complexity index is 470. The molecular weight excluding hydrogens is 234 g/mol. The highest BCUT2D eigenvalue weighted by Crippen LogP contribution is 2.11. The molecule has 0 radical (unpaired) electrons. The Hall–Kier alpha value is -1.20. The number of aryl methyl sites for hydroxylation is 3. The summed E-state index contributed by atoms with van der Waals surface area (Å²) in [7, 11) is 0. The molecule has 0 aliphatic rings. The first-order valence-electron chi connectivity index (χ1n) is 5.76. The summed E-state index contributed by atoms with van der Waals surface area (Å²) in [4.78, 5) is 8.80. The van der Waals surface area contributed by atoms with Gasteiger partial charge in [0, 0.05) is 11.9 Å². The van der Waals surface area contributed by atoms with Crippen LogP contribution >= 0.6 is 11.3 Å². The van der Waals surface area contributed by atoms with Crippen LogP contribution in [0.25, 0.3) is 0 Å². The first-order chi connectivity index (χ1) is 8.19. The first kappa shape index (κ1) is 12.3. The van der Waals surface area contributed by atoms with Crippen molar-refractivity contribution in [3.8, 4) is 0 Å². The number of nitrogens with one attached hydrogen (secondary N) is 1. The van der Waals surface area contributed by atoms with Gasteiger partial charge in [-0.15, -0.1) is 11.3 Å². The summed E-state index contributed by atoms with van der Waals surface area (Å²) < 4.78 is 5.49. The van der Waals surface area contributed by atoms with Gasteiger partial charge in [-0.2, -0.15) is 0 Å². The van der Waals surface area contributed by atoms with Crippen LogP contribution in [0.15, 0.2) is 9.80 Å². The van der Waals surface area contributed by atoms with E-state index >= 15 is 0 Å². The molecule has 0 aromatic carbocycles. The highest BCUT2D eigenvalue weighted by atomic mass is 32.1. The van der Waals surface area contributed by atoms with E-state index in [-0.39, 0.29) is 0 Å². The number of aromatic nitrogens is 2. The van der Waals surface area contributed by atoms with Crippen molar-refractivity contribution in [2.75, 3.05) is 0 Å². The number of oxazole rings is 1. The summed E-state index contributed by atoms with van der Waals surface area (Å²) >= 11 is 1.71. The highest BCUT2D eigenvalue weighted by Gasteiger charge is 2.05. The molecule has 2 aromatic rings. The van der Waals surface area contributed by atoms with Crippen LogP contribution in [-0.2, 0) is 19.5 Å². The van der Waals surface area contributed by atoms with E-state index in [0.29, 0.717) is 6.54 Å². The Morgan fingerprint density at radius 2 is 2.12 bits per heavy atom. The Kier molecular flexibility index (Phi) is 3.91. The molecule has 0 aliphatic carbocycles. The lowest BCUT2D eigenvalue weighted by Crippen LogP contribution is -2.13. The molecule has 0 saturated heterocycles. The van der Waals surface area contributed by atoms with E-state index in [9.17, 15) is 0 Å². The minimum atomic E-state index is 0.646. The van der Waals surface area contributed by atoms with Crippen LogP contribution in [0.5, 0.6) is 0 Å². The second kappa shape index (κ2) is 5.42. The highest BCUT2D eigenvalue weighted by molar-refractivity contribution is 7.09. The third-order valence-electron chi connectivity index (χ3n) is 2.56. The number of hydrogen-bond acceptors (Lipinski definition) is 5. The van der Waals surface area contributed by atoms with Crippen LogP contribution in [-0.4, -0.2) is 9.97 Å². The molecular formula is C12H17N3OS. The number of nitrogens with zero attached hydrogens (tertiary/aromatic N) is 2. The molecule has 4 nitrogen and oxygen atoms in total. The SMILES string of the molecule is CCc1nc(CNCc2nc(C)c(C)o2)cs1. The average Bonchev–Trinajstić information content (AvgIpc) is 2.87. The zero-order valence-corrected chi connectivity index (χ0v) is 11.2. The predicted molar refractivity (Wildman–Crippen MR) is 68.0 cm³/mol. The van der Waals surface area contributed by atoms with E-state index in [1.807, 2.05) is 13.8 Å². The Morgan fingerprint density at radius 1 is 1.29 bits per heavy atom. The maximum Gasteiger partial charge on any atom is 0.208 e. The zero-order valence-electron chi connectivity index (χ0n) is 10.4. The molecule has 0 atom stereocenters. The zero-order chi connectivity index (χ0) is 12.3. The lowest BCUT2D eigenvalue weighted by Gasteiger charge is -1.98. The molecule has 1 N–H and O–H groups in total. The van der Waals surface area contributed by atoms with Gasteiger partial charge in [-0.3, -0.25) is 0 Å². The van der Waals surface area contributed by atoms with Gasteiger partial charge in [0.15, 0.2) is 0 Å². The monoisotopic (exact) mass is 251 g/mol. The first-order valence-corrected chi connectivity index (χ1v) is 6.64. The summed E-state index contributed by atoms with van der Waals surface area (Å²) in [6.07, 6.45) is 1.00. The van der Waals surface area contributed by atoms with Crippen LogP contribution in [0, 0.1) is 13.8 Å². The molecule has 2 rings (SSSR count). The minimum Gasteiger partial charge on any atom is -0.444 e. The van der Waals surface area contributed by atoms with Crippen LogP contribution in [0.2, 0.25) is 0 Å². The number of rotatable bonds is 5. The predicted octanol–water partition coefficient (Wildman–Crippen LogP) is 2.60. The van der Waals surface area contributed by atoms with Crippen LogP contribution < -0.4 is 5.32 Å². The lowest BCUT2D eigenvalue weighted by molar-refractivity contribution is 0.448. The van der Waals surface area contributed by atoms with Gasteiger partial charge in [0.25, 0.3) is 0 Å². The molecule has 0 unspecified atom stereocenters. The van der Waals surface area contributed by atoms with Gasteiger partial charge in [0.1, 0.15) is 5.76 Å². The summed E-state index contributed by atoms with van der Waals surface area (Å²) in [5, 5.41) is 6.56. The normalized spacial score (nSPS) is 11.0. The van der Waals surface area contributed by atoms with Crippen LogP contribution in [0.3, 0.4) is 0 Å². The largest absolute Gasteiger partial charge is 0.444 e. The average molecular weight is 251 g/mol. The number of hydrogen-bond donors (Lipinski definition) is 1. The molecule has 0 bridgehead atoms. The molecule has 0 saturated carbocycles. The molecule has 0 fully saturated rings. The lowest BCUT2D eigenvalue weighted by atomic mass is 10.4. The van der Waals surface area contributed by atoms with Crippen LogP contribution in [0.1, 0.15) is 35.0 Å². The van der Waals surface area contributed by atoms with E-state index < -0.39 is 0 Å². The van der Waals surface area contributed by atoms with E-state index in [0.717, 1.165) is 36.0 Å². The van der Waals surface area contributed by atoms with Crippen molar-refractivity contribution < 1.29 is 4.42 Å². The van der Waals surface area contributed by atoms with E-state index in [2.05, 4.69) is 27.6 Å². The molecule has 2 aromatic heterocycles. The van der Waals surface area contributed by atoms with Gasteiger partial charge < -0.3 is 9.73 Å². The molecule has 17 heavy (non-hydrogen) atoms. The third-order valence-corrected chi connectivity index (χ3v) is 3.60. The van der Waals surface area contributed by atoms with Gasteiger partial charge in [0.05, 0.1) is 22.9 Å². The maximum absolute atomic E-state index is 5.49. The van der Waals surface area contributed by atoms with Gasteiger partial charge in [-0.25, -0.2) is 9.97 Å². The second-order valence-electron chi connectivity index (χ2n) is 3.94. The van der Waals surface area contributed by atoms with E-state index in [4.69, 9.17) is 4.42 Å². The topological polar surface area (TPSA) is 51.0 Å². The standard InChI is InChI=1S/C12H17N3OS/c1-4-12-15-10(7-17-12)5-13-6-11-14-8(2)9(3)16-11/h7,13H,4-6H2,1-3H3. The van der Waals surface area contributed by atoms with Crippen molar-refractivity contribution in [3.63, 3.8) is 0 Å². The van der Waals surface area contributed by atoms with Crippen molar-refractivity contribution in [1.29, 1.82) is 0 Å².